The van der Waals surface area contributed by atoms with Gasteiger partial charge in [-0.1, -0.05) is 101 Å². The van der Waals surface area contributed by atoms with E-state index in [0.29, 0.717) is 0 Å². The first-order chi connectivity index (χ1) is 12.2. The smallest absolute Gasteiger partial charge is 0.0815 e. The number of nitrogens with two attached hydrogens (primary N) is 1. The molecule has 25 heavy (non-hydrogen) atoms. The highest BCUT2D eigenvalue weighted by atomic mass is 79.9. The van der Waals surface area contributed by atoms with E-state index >= 15 is 0 Å². The Morgan fingerprint density at radius 2 is 1.36 bits per heavy atom. The molecule has 2 nitrogen and oxygen atoms in total. The first-order valence-electron chi connectivity index (χ1n) is 8.09. The van der Waals surface area contributed by atoms with Crippen molar-refractivity contribution >= 4 is 27.8 Å². The summed E-state index contributed by atoms with van der Waals surface area (Å²) in [5, 5.41) is 0. The lowest BCUT2D eigenvalue weighted by Crippen LogP contribution is -2.07. The predicted octanol–water partition coefficient (Wildman–Crippen LogP) is 5.49. The molecule has 3 heteroatoms. The van der Waals surface area contributed by atoms with E-state index in [0.717, 1.165) is 16.8 Å². The zero-order chi connectivity index (χ0) is 17.5. The van der Waals surface area contributed by atoms with E-state index in [9.17, 15) is 0 Å². The van der Waals surface area contributed by atoms with Crippen LogP contribution in [-0.4, -0.2) is 11.2 Å². The zero-order valence-electron chi connectivity index (χ0n) is 13.7. The number of hydrogen-bond acceptors (Lipinski definition) is 2. The van der Waals surface area contributed by atoms with Gasteiger partial charge in [-0.3, -0.25) is 4.99 Å². The summed E-state index contributed by atoms with van der Waals surface area (Å²) < 4.78 is 0. The van der Waals surface area contributed by atoms with Crippen LogP contribution in [0.1, 0.15) is 11.1 Å². The Morgan fingerprint density at radius 1 is 0.800 bits per heavy atom. The Bertz CT molecular complexity index is 852. The molecule has 0 saturated carbocycles. The van der Waals surface area contributed by atoms with Gasteiger partial charge in [-0.05, 0) is 28.3 Å². The maximum atomic E-state index is 5.89. The van der Waals surface area contributed by atoms with Gasteiger partial charge in [0, 0.05) is 6.21 Å². The van der Waals surface area contributed by atoms with Crippen LogP contribution in [0.4, 0.5) is 0 Å². The second-order valence-corrected chi connectivity index (χ2v) is 6.67. The van der Waals surface area contributed by atoms with Crippen LogP contribution in [0.5, 0.6) is 0 Å². The monoisotopic (exact) mass is 390 g/mol. The van der Waals surface area contributed by atoms with Crippen molar-refractivity contribution in [2.24, 2.45) is 10.7 Å². The number of aliphatic imine (C=N–C) groups is 1. The largest absolute Gasteiger partial charge is 0.316 e. The Morgan fingerprint density at radius 3 is 1.96 bits per heavy atom. The van der Waals surface area contributed by atoms with Crippen LogP contribution in [-0.2, 0) is 0 Å². The van der Waals surface area contributed by atoms with Crippen LogP contribution in [0.2, 0.25) is 0 Å². The van der Waals surface area contributed by atoms with E-state index in [1.807, 2.05) is 60.8 Å². The van der Waals surface area contributed by atoms with Gasteiger partial charge in [0.1, 0.15) is 0 Å². The molecule has 1 atom stereocenters. The molecule has 3 aromatic rings. The fraction of sp³-hybridized carbons (Fsp3) is 0.0455. The highest BCUT2D eigenvalue weighted by molar-refractivity contribution is 9.09. The fourth-order valence-electron chi connectivity index (χ4n) is 2.51. The zero-order valence-corrected chi connectivity index (χ0v) is 15.3. The molecule has 0 aliphatic heterocycles. The van der Waals surface area contributed by atoms with Crippen LogP contribution in [0, 0.1) is 0 Å². The number of nitrogens with zero attached hydrogens (tertiary/aromatic N) is 1. The molecule has 124 valence electrons. The van der Waals surface area contributed by atoms with Crippen molar-refractivity contribution < 1.29 is 0 Å². The van der Waals surface area contributed by atoms with Gasteiger partial charge in [0.2, 0.25) is 0 Å². The second-order valence-electron chi connectivity index (χ2n) is 5.61. The highest BCUT2D eigenvalue weighted by Gasteiger charge is 2.03. The number of hydrogen-bond donors (Lipinski definition) is 1. The molecule has 0 bridgehead atoms. The normalized spacial score (nSPS) is 13.1. The van der Waals surface area contributed by atoms with Crippen LogP contribution in [0.25, 0.3) is 16.8 Å². The number of rotatable bonds is 5. The average Bonchev–Trinajstić information content (AvgIpc) is 2.66. The summed E-state index contributed by atoms with van der Waals surface area (Å²) in [6, 6.07) is 28.7. The third-order valence-corrected chi connectivity index (χ3v) is 4.02. The summed E-state index contributed by atoms with van der Waals surface area (Å²) in [6.45, 7) is 0. The number of benzene rings is 3. The van der Waals surface area contributed by atoms with Crippen LogP contribution in [0.3, 0.4) is 0 Å². The first kappa shape index (κ1) is 17.3. The lowest BCUT2D eigenvalue weighted by molar-refractivity contribution is 1.18. The average molecular weight is 391 g/mol. The third-order valence-electron chi connectivity index (χ3n) is 3.76. The molecule has 2 N–H and O–H groups in total. The summed E-state index contributed by atoms with van der Waals surface area (Å²) in [5.41, 5.74) is 11.2. The van der Waals surface area contributed by atoms with Crippen molar-refractivity contribution in [1.29, 1.82) is 0 Å². The molecular formula is C22H19BrN2. The van der Waals surface area contributed by atoms with Gasteiger partial charge >= 0.3 is 0 Å². The Balaban J connectivity index is 1.88. The van der Waals surface area contributed by atoms with Gasteiger partial charge in [-0.25, -0.2) is 0 Å². The van der Waals surface area contributed by atoms with Gasteiger partial charge in [0.25, 0.3) is 0 Å². The standard InChI is InChI=1S/C22H19BrN2/c23-22(24)15-21(25-16-17-7-3-1-4-8-17)20-13-11-19(12-14-20)18-9-5-2-6-10-18/h1-16,22H,24H2/b21-15-,25-16+. The lowest BCUT2D eigenvalue weighted by Gasteiger charge is -2.07. The van der Waals surface area contributed by atoms with Crippen LogP contribution < -0.4 is 5.73 Å². The lowest BCUT2D eigenvalue weighted by atomic mass is 10.0. The molecule has 0 spiro atoms. The van der Waals surface area contributed by atoms with E-state index in [1.54, 1.807) is 0 Å². The molecule has 0 fully saturated rings. The molecule has 0 aromatic heterocycles. The van der Waals surface area contributed by atoms with Crippen molar-refractivity contribution in [3.8, 4) is 11.1 Å². The minimum absolute atomic E-state index is 0.246. The summed E-state index contributed by atoms with van der Waals surface area (Å²) in [5.74, 6) is 0. The van der Waals surface area contributed by atoms with Crippen LogP contribution >= 0.6 is 15.9 Å². The van der Waals surface area contributed by atoms with Gasteiger partial charge in [-0.2, -0.15) is 0 Å². The molecule has 0 aliphatic rings. The van der Waals surface area contributed by atoms with Crippen molar-refractivity contribution in [2.45, 2.75) is 4.95 Å². The summed E-state index contributed by atoms with van der Waals surface area (Å²) in [6.07, 6.45) is 3.75. The molecule has 0 saturated heterocycles. The Labute approximate surface area is 156 Å². The van der Waals surface area contributed by atoms with Crippen molar-refractivity contribution in [3.63, 3.8) is 0 Å². The summed E-state index contributed by atoms with van der Waals surface area (Å²) >= 11 is 3.38. The third kappa shape index (κ3) is 4.99. The highest BCUT2D eigenvalue weighted by Crippen LogP contribution is 2.23. The van der Waals surface area contributed by atoms with E-state index < -0.39 is 0 Å². The molecule has 0 heterocycles. The molecule has 0 amide bonds. The maximum absolute atomic E-state index is 5.89. The Hall–Kier alpha value is -2.49. The minimum atomic E-state index is -0.246. The number of alkyl halides is 1. The van der Waals surface area contributed by atoms with E-state index in [2.05, 4.69) is 57.3 Å². The SMILES string of the molecule is NC(Br)/C=C(\N=C\c1ccccc1)c1ccc(-c2ccccc2)cc1. The molecule has 0 aliphatic carbocycles. The van der Waals surface area contributed by atoms with Crippen LogP contribution in [0.15, 0.2) is 96.0 Å². The number of halogens is 1. The van der Waals surface area contributed by atoms with E-state index in [-0.39, 0.29) is 4.95 Å². The Kier molecular flexibility index (Phi) is 5.94. The quantitative estimate of drug-likeness (QED) is 0.349. The van der Waals surface area contributed by atoms with Gasteiger partial charge in [0.05, 0.1) is 10.6 Å². The topological polar surface area (TPSA) is 38.4 Å². The molecule has 0 radical (unpaired) electrons. The molecule has 3 rings (SSSR count). The van der Waals surface area contributed by atoms with Crippen molar-refractivity contribution in [2.75, 3.05) is 0 Å². The van der Waals surface area contributed by atoms with Gasteiger partial charge in [-0.15, -0.1) is 0 Å². The minimum Gasteiger partial charge on any atom is -0.316 e. The van der Waals surface area contributed by atoms with E-state index in [1.165, 1.54) is 11.1 Å². The van der Waals surface area contributed by atoms with Crippen molar-refractivity contribution in [1.82, 2.24) is 0 Å². The summed E-state index contributed by atoms with van der Waals surface area (Å²) in [4.78, 5) is 4.39. The van der Waals surface area contributed by atoms with Crippen molar-refractivity contribution in [3.05, 3.63) is 102 Å². The van der Waals surface area contributed by atoms with Gasteiger partial charge in [0.15, 0.2) is 0 Å². The second kappa shape index (κ2) is 8.56. The van der Waals surface area contributed by atoms with Gasteiger partial charge < -0.3 is 5.73 Å². The maximum Gasteiger partial charge on any atom is 0.0815 e. The first-order valence-corrected chi connectivity index (χ1v) is 9.00. The molecular weight excluding hydrogens is 372 g/mol. The fourth-order valence-corrected chi connectivity index (χ4v) is 2.76. The molecule has 3 aromatic carbocycles. The van der Waals surface area contributed by atoms with E-state index in [4.69, 9.17) is 5.73 Å². The molecule has 1 unspecified atom stereocenters. The predicted molar refractivity (Wildman–Crippen MR) is 111 cm³/mol. The summed E-state index contributed by atoms with van der Waals surface area (Å²) in [7, 11) is 0.